The molecule has 176 valence electrons. The minimum absolute atomic E-state index is 1.01. The fourth-order valence-electron chi connectivity index (χ4n) is 6.18. The number of aromatic nitrogens is 1. The van der Waals surface area contributed by atoms with Gasteiger partial charge in [-0.3, -0.25) is 4.98 Å². The highest BCUT2D eigenvalue weighted by molar-refractivity contribution is 6.28. The van der Waals surface area contributed by atoms with E-state index in [1.54, 1.807) is 0 Å². The lowest BCUT2D eigenvalue weighted by Crippen LogP contribution is -1.94. The molecule has 1 heterocycles. The first-order valence-electron chi connectivity index (χ1n) is 13.1. The molecule has 0 bridgehead atoms. The second-order valence-corrected chi connectivity index (χ2v) is 9.95. The summed E-state index contributed by atoms with van der Waals surface area (Å²) in [6, 6.07) is 48.1. The predicted octanol–water partition coefficient (Wildman–Crippen LogP) is 10.2. The van der Waals surface area contributed by atoms with Crippen molar-refractivity contribution < 1.29 is 0 Å². The molecule has 0 unspecified atom stereocenters. The Bertz CT molecular complexity index is 2180. The lowest BCUT2D eigenvalue weighted by atomic mass is 9.84. The Labute approximate surface area is 220 Å². The van der Waals surface area contributed by atoms with Crippen LogP contribution in [0.4, 0.5) is 0 Å². The van der Waals surface area contributed by atoms with Gasteiger partial charge in [-0.15, -0.1) is 0 Å². The number of fused-ring (bicyclic) bond motifs is 6. The van der Waals surface area contributed by atoms with Crippen molar-refractivity contribution in [3.8, 4) is 22.3 Å². The molecule has 1 nitrogen and oxygen atoms in total. The summed E-state index contributed by atoms with van der Waals surface area (Å²) in [5.41, 5.74) is 6.00. The fraction of sp³-hybridized carbons (Fsp3) is 0. The molecule has 0 aliphatic heterocycles. The average Bonchev–Trinajstić information content (AvgIpc) is 2.99. The standard InChI is InChI=1S/C37H23N/c1-2-12-26-22-27(21-20-24(26)10-1)35-30-15-5-6-16-31(30)36(29-18-9-13-25-11-3-4-14-28(25)29)33-23-38-34-19-8-7-17-32(34)37(33)35/h1-23H. The van der Waals surface area contributed by atoms with Gasteiger partial charge in [0.05, 0.1) is 5.52 Å². The Morgan fingerprint density at radius 2 is 1.03 bits per heavy atom. The van der Waals surface area contributed by atoms with E-state index in [9.17, 15) is 0 Å². The third-order valence-corrected chi connectivity index (χ3v) is 7.86. The van der Waals surface area contributed by atoms with E-state index in [1.165, 1.54) is 70.7 Å². The maximum atomic E-state index is 4.97. The molecule has 1 heteroatoms. The van der Waals surface area contributed by atoms with E-state index in [-0.39, 0.29) is 0 Å². The van der Waals surface area contributed by atoms with Crippen LogP contribution in [0.3, 0.4) is 0 Å². The molecule has 0 radical (unpaired) electrons. The Morgan fingerprint density at radius 1 is 0.395 bits per heavy atom. The molecule has 0 N–H and O–H groups in total. The van der Waals surface area contributed by atoms with E-state index in [1.807, 2.05) is 0 Å². The molecule has 1 aromatic heterocycles. The van der Waals surface area contributed by atoms with Crippen molar-refractivity contribution in [1.82, 2.24) is 4.98 Å². The van der Waals surface area contributed by atoms with Crippen molar-refractivity contribution >= 4 is 54.0 Å². The van der Waals surface area contributed by atoms with E-state index in [2.05, 4.69) is 140 Å². The minimum atomic E-state index is 1.01. The molecule has 0 saturated heterocycles. The van der Waals surface area contributed by atoms with Crippen LogP contribution < -0.4 is 0 Å². The van der Waals surface area contributed by atoms with Crippen molar-refractivity contribution in [3.05, 3.63) is 140 Å². The van der Waals surface area contributed by atoms with Crippen molar-refractivity contribution in [2.75, 3.05) is 0 Å². The molecule has 0 atom stereocenters. The van der Waals surface area contributed by atoms with Gasteiger partial charge in [0.2, 0.25) is 0 Å². The highest BCUT2D eigenvalue weighted by Gasteiger charge is 2.20. The second kappa shape index (κ2) is 8.26. The Hall–Kier alpha value is -5.01. The van der Waals surface area contributed by atoms with Crippen molar-refractivity contribution in [1.29, 1.82) is 0 Å². The number of hydrogen-bond donors (Lipinski definition) is 0. The fourth-order valence-corrected chi connectivity index (χ4v) is 6.18. The highest BCUT2D eigenvalue weighted by Crippen LogP contribution is 2.47. The van der Waals surface area contributed by atoms with Gasteiger partial charge in [-0.2, -0.15) is 0 Å². The molecule has 0 saturated carbocycles. The van der Waals surface area contributed by atoms with Gasteiger partial charge in [-0.05, 0) is 66.7 Å². The zero-order valence-electron chi connectivity index (χ0n) is 20.7. The third kappa shape index (κ3) is 3.09. The van der Waals surface area contributed by atoms with E-state index >= 15 is 0 Å². The molecule has 8 rings (SSSR count). The normalized spacial score (nSPS) is 11.7. The number of pyridine rings is 1. The van der Waals surface area contributed by atoms with Crippen LogP contribution in [-0.4, -0.2) is 4.98 Å². The quantitative estimate of drug-likeness (QED) is 0.177. The van der Waals surface area contributed by atoms with Crippen LogP contribution >= 0.6 is 0 Å². The van der Waals surface area contributed by atoms with Crippen LogP contribution in [0.1, 0.15) is 0 Å². The molecular formula is C37H23N. The minimum Gasteiger partial charge on any atom is -0.256 e. The first kappa shape index (κ1) is 21.1. The van der Waals surface area contributed by atoms with Gasteiger partial charge >= 0.3 is 0 Å². The average molecular weight is 482 g/mol. The van der Waals surface area contributed by atoms with Crippen LogP contribution in [0.15, 0.2) is 140 Å². The lowest BCUT2D eigenvalue weighted by Gasteiger charge is -2.20. The summed E-state index contributed by atoms with van der Waals surface area (Å²) >= 11 is 0. The van der Waals surface area contributed by atoms with Gasteiger partial charge in [0.1, 0.15) is 0 Å². The van der Waals surface area contributed by atoms with Gasteiger partial charge in [0.15, 0.2) is 0 Å². The van der Waals surface area contributed by atoms with Crippen LogP contribution in [0, 0.1) is 0 Å². The molecule has 0 aliphatic carbocycles. The van der Waals surface area contributed by atoms with Crippen LogP contribution in [0.25, 0.3) is 76.2 Å². The first-order chi connectivity index (χ1) is 18.9. The zero-order valence-corrected chi connectivity index (χ0v) is 20.7. The molecule has 7 aromatic carbocycles. The SMILES string of the molecule is c1ccc2cc(-c3c4ccccc4c(-c4cccc5ccccc45)c4cnc5ccccc5c34)ccc2c1. The monoisotopic (exact) mass is 481 g/mol. The smallest absolute Gasteiger partial charge is 0.0708 e. The number of benzene rings is 7. The Kier molecular flexibility index (Phi) is 4.59. The molecule has 38 heavy (non-hydrogen) atoms. The summed E-state index contributed by atoms with van der Waals surface area (Å²) < 4.78 is 0. The summed E-state index contributed by atoms with van der Waals surface area (Å²) in [6.45, 7) is 0. The predicted molar refractivity (Wildman–Crippen MR) is 163 cm³/mol. The highest BCUT2D eigenvalue weighted by atomic mass is 14.6. The van der Waals surface area contributed by atoms with Gasteiger partial charge < -0.3 is 0 Å². The largest absolute Gasteiger partial charge is 0.256 e. The van der Waals surface area contributed by atoms with E-state index in [0.29, 0.717) is 0 Å². The van der Waals surface area contributed by atoms with E-state index < -0.39 is 0 Å². The number of hydrogen-bond acceptors (Lipinski definition) is 1. The van der Waals surface area contributed by atoms with Crippen molar-refractivity contribution in [2.24, 2.45) is 0 Å². The van der Waals surface area contributed by atoms with Crippen molar-refractivity contribution in [2.45, 2.75) is 0 Å². The van der Waals surface area contributed by atoms with Crippen LogP contribution in [0.2, 0.25) is 0 Å². The number of para-hydroxylation sites is 1. The molecule has 0 spiro atoms. The first-order valence-corrected chi connectivity index (χ1v) is 13.1. The summed E-state index contributed by atoms with van der Waals surface area (Å²) in [4.78, 5) is 4.97. The van der Waals surface area contributed by atoms with Gasteiger partial charge in [0, 0.05) is 22.4 Å². The Balaban J connectivity index is 1.62. The third-order valence-electron chi connectivity index (χ3n) is 7.86. The van der Waals surface area contributed by atoms with Crippen LogP contribution in [0.5, 0.6) is 0 Å². The molecule has 0 aliphatic rings. The number of nitrogens with zero attached hydrogens (tertiary/aromatic N) is 1. The molecular weight excluding hydrogens is 458 g/mol. The summed E-state index contributed by atoms with van der Waals surface area (Å²) in [5, 5.41) is 11.1. The topological polar surface area (TPSA) is 12.9 Å². The maximum absolute atomic E-state index is 4.97. The molecule has 8 aromatic rings. The van der Waals surface area contributed by atoms with Gasteiger partial charge in [-0.25, -0.2) is 0 Å². The maximum Gasteiger partial charge on any atom is 0.0708 e. The zero-order chi connectivity index (χ0) is 25.1. The van der Waals surface area contributed by atoms with Crippen molar-refractivity contribution in [3.63, 3.8) is 0 Å². The van der Waals surface area contributed by atoms with Crippen LogP contribution in [-0.2, 0) is 0 Å². The van der Waals surface area contributed by atoms with Gasteiger partial charge in [0.25, 0.3) is 0 Å². The summed E-state index contributed by atoms with van der Waals surface area (Å²) in [5.74, 6) is 0. The van der Waals surface area contributed by atoms with Gasteiger partial charge in [-0.1, -0.05) is 121 Å². The molecule has 0 fully saturated rings. The van der Waals surface area contributed by atoms with E-state index in [0.717, 1.165) is 5.52 Å². The summed E-state index contributed by atoms with van der Waals surface area (Å²) in [7, 11) is 0. The van der Waals surface area contributed by atoms with E-state index in [4.69, 9.17) is 4.98 Å². The Morgan fingerprint density at radius 3 is 1.87 bits per heavy atom. The second-order valence-electron chi connectivity index (χ2n) is 9.95. The number of rotatable bonds is 2. The molecule has 0 amide bonds. The summed E-state index contributed by atoms with van der Waals surface area (Å²) in [6.07, 6.45) is 2.09. The lowest BCUT2D eigenvalue weighted by molar-refractivity contribution is 1.45.